The summed E-state index contributed by atoms with van der Waals surface area (Å²) in [6.45, 7) is 5.31. The molecule has 2 aromatic heterocycles. The number of thiazole rings is 1. The first kappa shape index (κ1) is 13.7. The predicted octanol–water partition coefficient (Wildman–Crippen LogP) is 3.89. The summed E-state index contributed by atoms with van der Waals surface area (Å²) in [5.41, 5.74) is 3.34. The molecule has 1 N–H and O–H groups in total. The van der Waals surface area contributed by atoms with Crippen LogP contribution in [0.2, 0.25) is 0 Å². The lowest BCUT2D eigenvalue weighted by molar-refractivity contribution is 0.454. The van der Waals surface area contributed by atoms with E-state index in [0.29, 0.717) is 6.04 Å². The van der Waals surface area contributed by atoms with Crippen molar-refractivity contribution >= 4 is 11.3 Å². The van der Waals surface area contributed by atoms with E-state index < -0.39 is 0 Å². The van der Waals surface area contributed by atoms with Gasteiger partial charge in [-0.05, 0) is 51.3 Å². The highest BCUT2D eigenvalue weighted by atomic mass is 32.1. The van der Waals surface area contributed by atoms with Crippen LogP contribution in [0.25, 0.3) is 10.7 Å². The van der Waals surface area contributed by atoms with Gasteiger partial charge in [0.1, 0.15) is 5.01 Å². The smallest absolute Gasteiger partial charge is 0.142 e. The second-order valence-electron chi connectivity index (χ2n) is 5.39. The molecule has 1 unspecified atom stereocenters. The highest BCUT2D eigenvalue weighted by Gasteiger charge is 2.24. The number of fused-ring (bicyclic) bond motifs is 1. The Morgan fingerprint density at radius 1 is 1.35 bits per heavy atom. The number of nitrogens with zero attached hydrogens (tertiary/aromatic N) is 2. The average molecular weight is 287 g/mol. The van der Waals surface area contributed by atoms with Crippen LogP contribution < -0.4 is 5.32 Å². The molecule has 4 heteroatoms. The maximum atomic E-state index is 4.89. The molecule has 0 radical (unpaired) electrons. The Morgan fingerprint density at radius 3 is 3.05 bits per heavy atom. The molecule has 1 atom stereocenters. The van der Waals surface area contributed by atoms with Crippen LogP contribution in [0, 0.1) is 6.92 Å². The Bertz CT molecular complexity index is 591. The van der Waals surface area contributed by atoms with E-state index in [0.717, 1.165) is 22.9 Å². The molecule has 0 saturated heterocycles. The summed E-state index contributed by atoms with van der Waals surface area (Å²) in [6.07, 6.45) is 4.81. The molecular weight excluding hydrogens is 266 g/mol. The van der Waals surface area contributed by atoms with Gasteiger partial charge in [-0.25, -0.2) is 4.98 Å². The fourth-order valence-corrected chi connectivity index (χ4v) is 3.84. The Hall–Kier alpha value is -1.26. The molecule has 106 valence electrons. The number of pyridine rings is 1. The molecule has 3 rings (SSSR count). The first-order chi connectivity index (χ1) is 9.78. The van der Waals surface area contributed by atoms with Crippen molar-refractivity contribution in [1.29, 1.82) is 0 Å². The molecule has 20 heavy (non-hydrogen) atoms. The van der Waals surface area contributed by atoms with Crippen molar-refractivity contribution in [3.63, 3.8) is 0 Å². The number of rotatable bonds is 4. The third-order valence-corrected chi connectivity index (χ3v) is 4.86. The van der Waals surface area contributed by atoms with Crippen LogP contribution in [0.5, 0.6) is 0 Å². The molecule has 2 aromatic rings. The van der Waals surface area contributed by atoms with Crippen LogP contribution in [0.15, 0.2) is 18.2 Å². The molecule has 0 aromatic carbocycles. The maximum Gasteiger partial charge on any atom is 0.142 e. The second-order valence-corrected chi connectivity index (χ2v) is 6.47. The predicted molar refractivity (Wildman–Crippen MR) is 84.1 cm³/mol. The fraction of sp³-hybridized carbons (Fsp3) is 0.500. The van der Waals surface area contributed by atoms with Gasteiger partial charge in [-0.15, -0.1) is 11.3 Å². The van der Waals surface area contributed by atoms with E-state index in [1.165, 1.54) is 36.3 Å². The Morgan fingerprint density at radius 2 is 2.25 bits per heavy atom. The van der Waals surface area contributed by atoms with Crippen LogP contribution in [-0.2, 0) is 6.42 Å². The van der Waals surface area contributed by atoms with Gasteiger partial charge in [-0.1, -0.05) is 13.0 Å². The second kappa shape index (κ2) is 6.02. The number of nitrogens with one attached hydrogen (secondary N) is 1. The standard InChI is InChI=1S/C16H21N3S/c1-3-10-17-12-7-5-9-14-15(12)19-16(20-14)13-8-4-6-11(2)18-13/h4,6,8,12,17H,3,5,7,9-10H2,1-2H3. The highest BCUT2D eigenvalue weighted by molar-refractivity contribution is 7.15. The fourth-order valence-electron chi connectivity index (χ4n) is 2.71. The van der Waals surface area contributed by atoms with E-state index in [2.05, 4.69) is 29.4 Å². The lowest BCUT2D eigenvalue weighted by atomic mass is 9.97. The van der Waals surface area contributed by atoms with Crippen molar-refractivity contribution in [3.05, 3.63) is 34.5 Å². The first-order valence-electron chi connectivity index (χ1n) is 7.45. The molecule has 2 heterocycles. The van der Waals surface area contributed by atoms with Gasteiger partial charge in [0.2, 0.25) is 0 Å². The van der Waals surface area contributed by atoms with Crippen molar-refractivity contribution in [1.82, 2.24) is 15.3 Å². The third kappa shape index (κ3) is 2.76. The van der Waals surface area contributed by atoms with Gasteiger partial charge in [-0.3, -0.25) is 4.98 Å². The lowest BCUT2D eigenvalue weighted by Crippen LogP contribution is -2.25. The van der Waals surface area contributed by atoms with E-state index in [4.69, 9.17) is 4.98 Å². The molecule has 0 aliphatic heterocycles. The monoisotopic (exact) mass is 287 g/mol. The quantitative estimate of drug-likeness (QED) is 0.927. The van der Waals surface area contributed by atoms with Crippen LogP contribution in [-0.4, -0.2) is 16.5 Å². The van der Waals surface area contributed by atoms with Crippen LogP contribution in [0.3, 0.4) is 0 Å². The average Bonchev–Trinajstić information content (AvgIpc) is 2.89. The topological polar surface area (TPSA) is 37.8 Å². The van der Waals surface area contributed by atoms with Crippen molar-refractivity contribution in [2.45, 2.75) is 45.6 Å². The summed E-state index contributed by atoms with van der Waals surface area (Å²) >= 11 is 1.82. The van der Waals surface area contributed by atoms with Gasteiger partial charge in [0, 0.05) is 10.6 Å². The van der Waals surface area contributed by atoms with E-state index in [1.807, 2.05) is 24.3 Å². The van der Waals surface area contributed by atoms with E-state index in [-0.39, 0.29) is 0 Å². The minimum atomic E-state index is 0.438. The summed E-state index contributed by atoms with van der Waals surface area (Å²) in [4.78, 5) is 10.9. The number of aromatic nitrogens is 2. The zero-order valence-electron chi connectivity index (χ0n) is 12.1. The third-order valence-electron chi connectivity index (χ3n) is 3.70. The van der Waals surface area contributed by atoms with Crippen molar-refractivity contribution in [2.24, 2.45) is 0 Å². The zero-order chi connectivity index (χ0) is 13.9. The van der Waals surface area contributed by atoms with Gasteiger partial charge in [0.25, 0.3) is 0 Å². The minimum Gasteiger partial charge on any atom is -0.309 e. The number of hydrogen-bond acceptors (Lipinski definition) is 4. The molecule has 0 spiro atoms. The van der Waals surface area contributed by atoms with Crippen molar-refractivity contribution in [2.75, 3.05) is 6.54 Å². The minimum absolute atomic E-state index is 0.438. The zero-order valence-corrected chi connectivity index (χ0v) is 13.0. The number of aryl methyl sites for hydroxylation is 2. The molecule has 1 aliphatic rings. The summed E-state index contributed by atoms with van der Waals surface area (Å²) in [5, 5.41) is 4.70. The highest BCUT2D eigenvalue weighted by Crippen LogP contribution is 2.36. The molecule has 0 amide bonds. The summed E-state index contributed by atoms with van der Waals surface area (Å²) < 4.78 is 0. The van der Waals surface area contributed by atoms with Crippen LogP contribution >= 0.6 is 11.3 Å². The summed E-state index contributed by atoms with van der Waals surface area (Å²) in [5.74, 6) is 0. The van der Waals surface area contributed by atoms with Gasteiger partial charge in [0.15, 0.2) is 0 Å². The molecule has 0 saturated carbocycles. The largest absolute Gasteiger partial charge is 0.309 e. The van der Waals surface area contributed by atoms with Crippen LogP contribution in [0.1, 0.15) is 48.5 Å². The summed E-state index contributed by atoms with van der Waals surface area (Å²) in [7, 11) is 0. The van der Waals surface area contributed by atoms with E-state index in [1.54, 1.807) is 0 Å². The molecule has 0 bridgehead atoms. The van der Waals surface area contributed by atoms with E-state index in [9.17, 15) is 0 Å². The van der Waals surface area contributed by atoms with Crippen molar-refractivity contribution < 1.29 is 0 Å². The van der Waals surface area contributed by atoms with Gasteiger partial charge in [-0.2, -0.15) is 0 Å². The number of hydrogen-bond donors (Lipinski definition) is 1. The maximum absolute atomic E-state index is 4.89. The Kier molecular flexibility index (Phi) is 4.13. The lowest BCUT2D eigenvalue weighted by Gasteiger charge is -2.22. The van der Waals surface area contributed by atoms with Crippen LogP contribution in [0.4, 0.5) is 0 Å². The van der Waals surface area contributed by atoms with Gasteiger partial charge < -0.3 is 5.32 Å². The van der Waals surface area contributed by atoms with Gasteiger partial charge in [0.05, 0.1) is 17.4 Å². The Labute approximate surface area is 124 Å². The van der Waals surface area contributed by atoms with E-state index >= 15 is 0 Å². The first-order valence-corrected chi connectivity index (χ1v) is 8.26. The van der Waals surface area contributed by atoms with Gasteiger partial charge >= 0.3 is 0 Å². The van der Waals surface area contributed by atoms with Crippen molar-refractivity contribution in [3.8, 4) is 10.7 Å². The molecule has 3 nitrogen and oxygen atoms in total. The molecule has 1 aliphatic carbocycles. The summed E-state index contributed by atoms with van der Waals surface area (Å²) in [6, 6.07) is 6.59. The Balaban J connectivity index is 1.91. The SMILES string of the molecule is CCCNC1CCCc2sc(-c3cccc(C)n3)nc21. The molecular formula is C16H21N3S. The normalized spacial score (nSPS) is 18.0. The molecule has 0 fully saturated rings.